The predicted octanol–water partition coefficient (Wildman–Crippen LogP) is 8.76. The lowest BCUT2D eigenvalue weighted by atomic mass is 9.89. The van der Waals surface area contributed by atoms with E-state index >= 15 is 0 Å². The van der Waals surface area contributed by atoms with E-state index in [0.717, 1.165) is 72.3 Å². The van der Waals surface area contributed by atoms with Crippen molar-refractivity contribution in [3.8, 4) is 17.0 Å². The van der Waals surface area contributed by atoms with Gasteiger partial charge in [0.05, 0.1) is 0 Å². The average molecular weight is 619 g/mol. The minimum Gasteiger partial charge on any atom is -0.406 e. The van der Waals surface area contributed by atoms with Crippen molar-refractivity contribution in [2.24, 2.45) is 0 Å². The number of carbonyl (C=O) groups excluding carboxylic acids is 1. The minimum absolute atomic E-state index is 0.220. The molecule has 1 aliphatic heterocycles. The summed E-state index contributed by atoms with van der Waals surface area (Å²) < 4.78 is 43.0. The van der Waals surface area contributed by atoms with Crippen molar-refractivity contribution in [1.82, 2.24) is 9.88 Å². The number of fused-ring (bicyclic) bond motifs is 1. The second kappa shape index (κ2) is 13.0. The predicted molar refractivity (Wildman–Crippen MR) is 163 cm³/mol. The molecule has 1 atom stereocenters. The zero-order chi connectivity index (χ0) is 29.9. The van der Waals surface area contributed by atoms with Crippen LogP contribution in [0.15, 0.2) is 66.7 Å². The van der Waals surface area contributed by atoms with Crippen LogP contribution < -0.4 is 10.1 Å². The van der Waals surface area contributed by atoms with E-state index in [0.29, 0.717) is 17.4 Å². The fourth-order valence-electron chi connectivity index (χ4n) is 5.63. The van der Waals surface area contributed by atoms with Gasteiger partial charge in [0.15, 0.2) is 0 Å². The summed E-state index contributed by atoms with van der Waals surface area (Å²) in [6.07, 6.45) is -1.21. The van der Waals surface area contributed by atoms with Gasteiger partial charge in [-0.25, -0.2) is 0 Å². The standard InChI is InChI=1S/C32H32Cl2F3N3O2/c1-20(33)31(41)38-25-5-2-4-23(18-25)21-13-16-40(17-14-21)15-3-6-27-28-19-26(42-32(35,36)37)11-12-29(28)39-30(27)22-7-9-24(34)10-8-22/h2,4-5,7-12,18-21,39H,3,6,13-17H2,1H3,(H,38,41). The number of alkyl halides is 4. The fraction of sp³-hybridized carbons (Fsp3) is 0.344. The quantitative estimate of drug-likeness (QED) is 0.185. The number of halogens is 5. The summed E-state index contributed by atoms with van der Waals surface area (Å²) in [7, 11) is 0. The number of benzene rings is 3. The van der Waals surface area contributed by atoms with E-state index in [-0.39, 0.29) is 11.7 Å². The number of hydrogen-bond donors (Lipinski definition) is 2. The van der Waals surface area contributed by atoms with E-state index in [1.165, 1.54) is 17.7 Å². The zero-order valence-corrected chi connectivity index (χ0v) is 24.6. The molecule has 5 rings (SSSR count). The van der Waals surface area contributed by atoms with Gasteiger partial charge in [-0.2, -0.15) is 0 Å². The lowest BCUT2D eigenvalue weighted by molar-refractivity contribution is -0.274. The average Bonchev–Trinajstić information content (AvgIpc) is 3.30. The molecule has 222 valence electrons. The maximum Gasteiger partial charge on any atom is 0.573 e. The number of aryl methyl sites for hydroxylation is 1. The Morgan fingerprint density at radius 1 is 1.10 bits per heavy atom. The number of carbonyl (C=O) groups is 1. The van der Waals surface area contributed by atoms with Crippen LogP contribution in [-0.4, -0.2) is 47.2 Å². The van der Waals surface area contributed by atoms with E-state index in [2.05, 4.69) is 26.0 Å². The first-order valence-electron chi connectivity index (χ1n) is 14.0. The van der Waals surface area contributed by atoms with Crippen LogP contribution in [-0.2, 0) is 11.2 Å². The Labute approximate surface area is 252 Å². The van der Waals surface area contributed by atoms with Gasteiger partial charge in [0.1, 0.15) is 11.1 Å². The lowest BCUT2D eigenvalue weighted by Gasteiger charge is -2.32. The van der Waals surface area contributed by atoms with Crippen molar-refractivity contribution >= 4 is 45.7 Å². The van der Waals surface area contributed by atoms with Gasteiger partial charge in [0, 0.05) is 27.3 Å². The number of nitrogens with one attached hydrogen (secondary N) is 2. The highest BCUT2D eigenvalue weighted by molar-refractivity contribution is 6.32. The lowest BCUT2D eigenvalue weighted by Crippen LogP contribution is -2.33. The van der Waals surface area contributed by atoms with Gasteiger partial charge in [0.2, 0.25) is 5.91 Å². The van der Waals surface area contributed by atoms with Crippen molar-refractivity contribution < 1.29 is 22.7 Å². The van der Waals surface area contributed by atoms with Crippen LogP contribution in [0.1, 0.15) is 43.2 Å². The zero-order valence-electron chi connectivity index (χ0n) is 23.1. The van der Waals surface area contributed by atoms with Gasteiger partial charge in [-0.1, -0.05) is 35.9 Å². The number of nitrogens with zero attached hydrogens (tertiary/aromatic N) is 1. The Balaban J connectivity index is 1.25. The highest BCUT2D eigenvalue weighted by Gasteiger charge is 2.31. The summed E-state index contributed by atoms with van der Waals surface area (Å²) >= 11 is 12.0. The number of rotatable bonds is 9. The van der Waals surface area contributed by atoms with Gasteiger partial charge in [-0.15, -0.1) is 24.8 Å². The fourth-order valence-corrected chi connectivity index (χ4v) is 5.81. The Hall–Kier alpha value is -3.20. The topological polar surface area (TPSA) is 57.4 Å². The summed E-state index contributed by atoms with van der Waals surface area (Å²) in [5.41, 5.74) is 5.47. The van der Waals surface area contributed by atoms with Crippen LogP contribution in [0.4, 0.5) is 18.9 Å². The van der Waals surface area contributed by atoms with Crippen LogP contribution >= 0.6 is 23.2 Å². The molecule has 0 aliphatic carbocycles. The molecule has 1 aromatic heterocycles. The first-order chi connectivity index (χ1) is 20.1. The molecule has 1 aliphatic rings. The maximum absolute atomic E-state index is 12.9. The monoisotopic (exact) mass is 617 g/mol. The number of piperidine rings is 1. The summed E-state index contributed by atoms with van der Waals surface area (Å²) in [4.78, 5) is 17.8. The van der Waals surface area contributed by atoms with Gasteiger partial charge < -0.3 is 19.9 Å². The van der Waals surface area contributed by atoms with Crippen molar-refractivity contribution in [2.45, 2.75) is 50.3 Å². The van der Waals surface area contributed by atoms with E-state index in [1.54, 1.807) is 25.1 Å². The molecule has 10 heteroatoms. The Morgan fingerprint density at radius 2 is 1.83 bits per heavy atom. The Kier molecular flexibility index (Phi) is 9.35. The van der Waals surface area contributed by atoms with E-state index < -0.39 is 11.7 Å². The number of aromatic amines is 1. The number of hydrogen-bond acceptors (Lipinski definition) is 3. The summed E-state index contributed by atoms with van der Waals surface area (Å²) in [5, 5.41) is 3.60. The van der Waals surface area contributed by atoms with Crippen LogP contribution in [0.2, 0.25) is 5.02 Å². The second-order valence-electron chi connectivity index (χ2n) is 10.7. The van der Waals surface area contributed by atoms with Crippen LogP contribution in [0, 0.1) is 0 Å². The van der Waals surface area contributed by atoms with Gasteiger partial charge >= 0.3 is 6.36 Å². The molecule has 2 heterocycles. The van der Waals surface area contributed by atoms with Crippen LogP contribution in [0.25, 0.3) is 22.2 Å². The van der Waals surface area contributed by atoms with Crippen molar-refractivity contribution in [1.29, 1.82) is 0 Å². The Morgan fingerprint density at radius 3 is 2.52 bits per heavy atom. The first-order valence-corrected chi connectivity index (χ1v) is 14.8. The van der Waals surface area contributed by atoms with Crippen molar-refractivity contribution in [3.63, 3.8) is 0 Å². The molecule has 0 bridgehead atoms. The molecule has 1 unspecified atom stereocenters. The number of likely N-dealkylation sites (tertiary alicyclic amines) is 1. The van der Waals surface area contributed by atoms with Crippen LogP contribution in [0.3, 0.4) is 0 Å². The van der Waals surface area contributed by atoms with Gasteiger partial charge in [0.25, 0.3) is 0 Å². The van der Waals surface area contributed by atoms with E-state index in [4.69, 9.17) is 23.2 Å². The Bertz CT molecular complexity index is 1530. The number of amides is 1. The molecule has 2 N–H and O–H groups in total. The van der Waals surface area contributed by atoms with Crippen molar-refractivity contribution in [2.75, 3.05) is 25.0 Å². The van der Waals surface area contributed by atoms with Gasteiger partial charge in [-0.3, -0.25) is 4.79 Å². The number of H-pyrrole nitrogens is 1. The maximum atomic E-state index is 12.9. The molecule has 0 saturated carbocycles. The molecule has 4 aromatic rings. The molecular weight excluding hydrogens is 586 g/mol. The van der Waals surface area contributed by atoms with E-state index in [1.807, 2.05) is 30.3 Å². The first kappa shape index (κ1) is 30.3. The molecule has 0 spiro atoms. The van der Waals surface area contributed by atoms with Gasteiger partial charge in [-0.05, 0) is 117 Å². The SMILES string of the molecule is CC(Cl)C(=O)Nc1cccc(C2CCN(CCCc3c(-c4ccc(Cl)cc4)[nH]c4ccc(OC(F)(F)F)cc34)CC2)c1. The number of anilines is 1. The van der Waals surface area contributed by atoms with Crippen LogP contribution in [0.5, 0.6) is 5.75 Å². The second-order valence-corrected chi connectivity index (χ2v) is 11.8. The van der Waals surface area contributed by atoms with Crippen molar-refractivity contribution in [3.05, 3.63) is 82.9 Å². The molecule has 42 heavy (non-hydrogen) atoms. The molecule has 1 amide bonds. The summed E-state index contributed by atoms with van der Waals surface area (Å²) in [6, 6.07) is 19.8. The molecule has 1 saturated heterocycles. The number of ether oxygens (including phenoxy) is 1. The molecule has 0 radical (unpaired) electrons. The highest BCUT2D eigenvalue weighted by atomic mass is 35.5. The third-order valence-electron chi connectivity index (χ3n) is 7.72. The highest BCUT2D eigenvalue weighted by Crippen LogP contribution is 2.36. The molecule has 3 aromatic carbocycles. The minimum atomic E-state index is -4.76. The largest absolute Gasteiger partial charge is 0.573 e. The molecule has 1 fully saturated rings. The molecular formula is C32H32Cl2F3N3O2. The summed E-state index contributed by atoms with van der Waals surface area (Å²) in [6.45, 7) is 4.41. The smallest absolute Gasteiger partial charge is 0.406 e. The summed E-state index contributed by atoms with van der Waals surface area (Å²) in [5.74, 6) is -0.0494. The molecule has 5 nitrogen and oxygen atoms in total. The van der Waals surface area contributed by atoms with E-state index in [9.17, 15) is 18.0 Å². The third-order valence-corrected chi connectivity index (χ3v) is 8.17. The normalized spacial score (nSPS) is 15.6. The third kappa shape index (κ3) is 7.60. The number of aromatic nitrogens is 1.